The third-order valence-electron chi connectivity index (χ3n) is 2.86. The first kappa shape index (κ1) is 13.0. The first-order valence-electron chi connectivity index (χ1n) is 5.72. The zero-order valence-electron chi connectivity index (χ0n) is 10.7. The molecule has 96 valence electrons. The lowest BCUT2D eigenvalue weighted by Gasteiger charge is -2.18. The molecule has 1 atom stereocenters. The zero-order chi connectivity index (χ0) is 13.1. The summed E-state index contributed by atoms with van der Waals surface area (Å²) in [5, 5.41) is 3.60. The van der Waals surface area contributed by atoms with Crippen LogP contribution in [0.2, 0.25) is 5.22 Å². The van der Waals surface area contributed by atoms with E-state index in [1.54, 1.807) is 13.2 Å². The number of hydrogen-bond acceptors (Lipinski definition) is 3. The molecule has 0 bridgehead atoms. The Bertz CT molecular complexity index is 536. The van der Waals surface area contributed by atoms with Gasteiger partial charge in [0.05, 0.1) is 13.2 Å². The van der Waals surface area contributed by atoms with Crippen LogP contribution < -0.4 is 10.1 Å². The Morgan fingerprint density at radius 2 is 2.06 bits per heavy atom. The van der Waals surface area contributed by atoms with E-state index in [2.05, 4.69) is 11.4 Å². The Hall–Kier alpha value is -1.45. The summed E-state index contributed by atoms with van der Waals surface area (Å²) in [5.41, 5.74) is 2.20. The molecule has 0 saturated heterocycles. The Morgan fingerprint density at radius 1 is 1.28 bits per heavy atom. The van der Waals surface area contributed by atoms with E-state index in [0.29, 0.717) is 5.22 Å². The van der Waals surface area contributed by atoms with Crippen molar-refractivity contribution in [2.45, 2.75) is 13.0 Å². The molecule has 0 radical (unpaired) electrons. The molecule has 0 amide bonds. The Kier molecular flexibility index (Phi) is 3.94. The molecule has 2 rings (SSSR count). The lowest BCUT2D eigenvalue weighted by atomic mass is 10.0. The molecule has 0 saturated carbocycles. The molecular formula is C14H16ClNO2. The van der Waals surface area contributed by atoms with Crippen LogP contribution in [0.5, 0.6) is 5.75 Å². The molecule has 1 heterocycles. The maximum absolute atomic E-state index is 5.83. The summed E-state index contributed by atoms with van der Waals surface area (Å²) < 4.78 is 10.9. The van der Waals surface area contributed by atoms with Crippen LogP contribution in [0.25, 0.3) is 0 Å². The van der Waals surface area contributed by atoms with Gasteiger partial charge < -0.3 is 14.5 Å². The third-order valence-corrected chi connectivity index (χ3v) is 3.07. The smallest absolute Gasteiger partial charge is 0.193 e. The summed E-state index contributed by atoms with van der Waals surface area (Å²) in [5.74, 6) is 1.60. The van der Waals surface area contributed by atoms with E-state index >= 15 is 0 Å². The predicted octanol–water partition coefficient (Wildman–Crippen LogP) is 3.56. The summed E-state index contributed by atoms with van der Waals surface area (Å²) in [6.45, 7) is 2.05. The van der Waals surface area contributed by atoms with Gasteiger partial charge in [0.2, 0.25) is 0 Å². The van der Waals surface area contributed by atoms with Crippen molar-refractivity contribution in [1.82, 2.24) is 5.32 Å². The van der Waals surface area contributed by atoms with Crippen LogP contribution in [0.1, 0.15) is 22.9 Å². The fourth-order valence-corrected chi connectivity index (χ4v) is 2.17. The molecule has 0 aliphatic rings. The highest BCUT2D eigenvalue weighted by molar-refractivity contribution is 6.28. The number of nitrogens with one attached hydrogen (secondary N) is 1. The van der Waals surface area contributed by atoms with E-state index in [-0.39, 0.29) is 6.04 Å². The quantitative estimate of drug-likeness (QED) is 0.918. The van der Waals surface area contributed by atoms with Crippen LogP contribution in [-0.2, 0) is 0 Å². The second-order valence-corrected chi connectivity index (χ2v) is 4.48. The molecule has 0 aliphatic heterocycles. The summed E-state index contributed by atoms with van der Waals surface area (Å²) in [6, 6.07) is 9.59. The van der Waals surface area contributed by atoms with Crippen molar-refractivity contribution in [3.8, 4) is 5.75 Å². The number of halogens is 1. The van der Waals surface area contributed by atoms with Crippen molar-refractivity contribution in [2.75, 3.05) is 14.2 Å². The predicted molar refractivity (Wildman–Crippen MR) is 72.4 cm³/mol. The van der Waals surface area contributed by atoms with Crippen molar-refractivity contribution in [2.24, 2.45) is 0 Å². The molecule has 18 heavy (non-hydrogen) atoms. The van der Waals surface area contributed by atoms with Crippen LogP contribution in [-0.4, -0.2) is 14.2 Å². The average Bonchev–Trinajstić information content (AvgIpc) is 2.77. The molecule has 2 aromatic rings. The van der Waals surface area contributed by atoms with Crippen molar-refractivity contribution in [1.29, 1.82) is 0 Å². The van der Waals surface area contributed by atoms with Gasteiger partial charge in [0.15, 0.2) is 5.22 Å². The van der Waals surface area contributed by atoms with Gasteiger partial charge in [-0.2, -0.15) is 0 Å². The lowest BCUT2D eigenvalue weighted by Crippen LogP contribution is -2.18. The molecule has 0 fully saturated rings. The van der Waals surface area contributed by atoms with Gasteiger partial charge in [0.1, 0.15) is 11.5 Å². The third kappa shape index (κ3) is 2.52. The standard InChI is InChI=1S/C14H16ClNO2/c1-9-4-5-11(17-3)10(8-9)14(16-2)12-6-7-13(15)18-12/h4-8,14,16H,1-3H3. The van der Waals surface area contributed by atoms with E-state index < -0.39 is 0 Å². The first-order valence-corrected chi connectivity index (χ1v) is 6.10. The van der Waals surface area contributed by atoms with Gasteiger partial charge >= 0.3 is 0 Å². The summed E-state index contributed by atoms with van der Waals surface area (Å²) in [7, 11) is 3.54. The molecule has 0 spiro atoms. The Balaban J connectivity index is 2.47. The van der Waals surface area contributed by atoms with Gasteiger partial charge in [-0.3, -0.25) is 0 Å². The number of methoxy groups -OCH3 is 1. The van der Waals surface area contributed by atoms with Gasteiger partial charge in [-0.1, -0.05) is 17.7 Å². The monoisotopic (exact) mass is 265 g/mol. The fourth-order valence-electron chi connectivity index (χ4n) is 2.01. The SMILES string of the molecule is CNC(c1ccc(Cl)o1)c1cc(C)ccc1OC. The van der Waals surface area contributed by atoms with Gasteiger partial charge in [0, 0.05) is 5.56 Å². The Morgan fingerprint density at radius 3 is 2.61 bits per heavy atom. The Labute approximate surface area is 112 Å². The van der Waals surface area contributed by atoms with Gasteiger partial charge in [-0.05, 0) is 43.8 Å². The van der Waals surface area contributed by atoms with E-state index in [0.717, 1.165) is 17.1 Å². The highest BCUT2D eigenvalue weighted by Crippen LogP contribution is 2.32. The van der Waals surface area contributed by atoms with Crippen LogP contribution in [0.3, 0.4) is 0 Å². The molecular weight excluding hydrogens is 250 g/mol. The maximum Gasteiger partial charge on any atom is 0.193 e. The molecule has 0 aliphatic carbocycles. The average molecular weight is 266 g/mol. The number of rotatable bonds is 4. The van der Waals surface area contributed by atoms with E-state index in [4.69, 9.17) is 20.8 Å². The first-order chi connectivity index (χ1) is 8.65. The van der Waals surface area contributed by atoms with Crippen molar-refractivity contribution < 1.29 is 9.15 Å². The zero-order valence-corrected chi connectivity index (χ0v) is 11.4. The second kappa shape index (κ2) is 5.46. The number of aryl methyl sites for hydroxylation is 1. The lowest BCUT2D eigenvalue weighted by molar-refractivity contribution is 0.397. The van der Waals surface area contributed by atoms with E-state index in [1.165, 1.54) is 5.56 Å². The molecule has 1 aromatic carbocycles. The number of ether oxygens (including phenoxy) is 1. The van der Waals surface area contributed by atoms with Crippen LogP contribution in [0, 0.1) is 6.92 Å². The summed E-state index contributed by atoms with van der Waals surface area (Å²) in [6.07, 6.45) is 0. The van der Waals surface area contributed by atoms with Gasteiger partial charge in [-0.25, -0.2) is 0 Å². The fraction of sp³-hybridized carbons (Fsp3) is 0.286. The van der Waals surface area contributed by atoms with Crippen LogP contribution in [0.15, 0.2) is 34.7 Å². The van der Waals surface area contributed by atoms with Crippen LogP contribution in [0.4, 0.5) is 0 Å². The minimum Gasteiger partial charge on any atom is -0.496 e. The highest BCUT2D eigenvalue weighted by Gasteiger charge is 2.19. The van der Waals surface area contributed by atoms with Crippen molar-refractivity contribution >= 4 is 11.6 Å². The normalized spacial score (nSPS) is 12.4. The van der Waals surface area contributed by atoms with E-state index in [9.17, 15) is 0 Å². The second-order valence-electron chi connectivity index (χ2n) is 4.11. The number of benzene rings is 1. The summed E-state index contributed by atoms with van der Waals surface area (Å²) in [4.78, 5) is 0. The van der Waals surface area contributed by atoms with E-state index in [1.807, 2.05) is 32.2 Å². The van der Waals surface area contributed by atoms with Crippen molar-refractivity contribution in [3.05, 3.63) is 52.4 Å². The largest absolute Gasteiger partial charge is 0.496 e. The topological polar surface area (TPSA) is 34.4 Å². The molecule has 3 nitrogen and oxygen atoms in total. The minimum atomic E-state index is -0.0765. The van der Waals surface area contributed by atoms with Crippen LogP contribution >= 0.6 is 11.6 Å². The number of hydrogen-bond donors (Lipinski definition) is 1. The molecule has 1 aromatic heterocycles. The summed E-state index contributed by atoms with van der Waals surface area (Å²) >= 11 is 5.83. The number of furan rings is 1. The van der Waals surface area contributed by atoms with Gasteiger partial charge in [0.25, 0.3) is 0 Å². The molecule has 4 heteroatoms. The molecule has 1 unspecified atom stereocenters. The maximum atomic E-state index is 5.83. The molecule has 1 N–H and O–H groups in total. The highest BCUT2D eigenvalue weighted by atomic mass is 35.5. The minimum absolute atomic E-state index is 0.0765. The van der Waals surface area contributed by atoms with Crippen molar-refractivity contribution in [3.63, 3.8) is 0 Å². The van der Waals surface area contributed by atoms with Gasteiger partial charge in [-0.15, -0.1) is 0 Å².